The van der Waals surface area contributed by atoms with Crippen LogP contribution in [-0.2, 0) is 0 Å². The smallest absolute Gasteiger partial charge is 0.273 e. The highest BCUT2D eigenvalue weighted by Gasteiger charge is 2.12. The zero-order valence-corrected chi connectivity index (χ0v) is 11.9. The Balaban J connectivity index is 1.91. The van der Waals surface area contributed by atoms with Crippen molar-refractivity contribution in [3.8, 4) is 5.75 Å². The van der Waals surface area contributed by atoms with Crippen molar-refractivity contribution < 1.29 is 9.53 Å². The van der Waals surface area contributed by atoms with E-state index in [4.69, 9.17) is 4.74 Å². The van der Waals surface area contributed by atoms with Crippen molar-refractivity contribution in [2.24, 2.45) is 0 Å². The summed E-state index contributed by atoms with van der Waals surface area (Å²) < 4.78 is 6.14. The number of pyridine rings is 1. The average Bonchev–Trinajstić information content (AvgIpc) is 2.89. The minimum Gasteiger partial charge on any atom is -0.494 e. The normalized spacial score (nSPS) is 10.5. The molecule has 0 spiro atoms. The number of nitrogens with zero attached hydrogens (tertiary/aromatic N) is 1. The predicted molar refractivity (Wildman–Crippen MR) is 81.2 cm³/mol. The Bertz CT molecular complexity index is 869. The van der Waals surface area contributed by atoms with Crippen molar-refractivity contribution in [2.45, 2.75) is 0 Å². The molecule has 21 heavy (non-hydrogen) atoms. The molecule has 0 radical (unpaired) electrons. The maximum absolute atomic E-state index is 12.1. The first-order valence-corrected chi connectivity index (χ1v) is 6.93. The van der Waals surface area contributed by atoms with Gasteiger partial charge in [0.05, 0.1) is 11.8 Å². The number of benzene rings is 1. The number of para-hydroxylation sites is 1. The predicted octanol–water partition coefficient (Wildman–Crippen LogP) is 2.25. The van der Waals surface area contributed by atoms with Gasteiger partial charge in [0.1, 0.15) is 17.0 Å². The van der Waals surface area contributed by atoms with Gasteiger partial charge in [0, 0.05) is 6.07 Å². The molecule has 106 valence electrons. The molecule has 1 amide bonds. The molecule has 2 aromatic heterocycles. The van der Waals surface area contributed by atoms with Gasteiger partial charge in [0.15, 0.2) is 5.13 Å². The molecule has 0 saturated carbocycles. The Morgan fingerprint density at radius 1 is 1.29 bits per heavy atom. The molecular formula is C14H11N3O3S. The molecule has 7 heteroatoms. The summed E-state index contributed by atoms with van der Waals surface area (Å²) in [6.45, 7) is 0. The van der Waals surface area contributed by atoms with Crippen molar-refractivity contribution in [1.29, 1.82) is 0 Å². The molecular weight excluding hydrogens is 290 g/mol. The molecule has 2 heterocycles. The van der Waals surface area contributed by atoms with Gasteiger partial charge >= 0.3 is 0 Å². The number of carbonyl (C=O) groups is 1. The average molecular weight is 301 g/mol. The zero-order valence-electron chi connectivity index (χ0n) is 11.0. The number of fused-ring (bicyclic) bond motifs is 1. The monoisotopic (exact) mass is 301 g/mol. The van der Waals surface area contributed by atoms with Crippen LogP contribution in [-0.4, -0.2) is 23.0 Å². The van der Waals surface area contributed by atoms with Crippen LogP contribution in [0.2, 0.25) is 0 Å². The fourth-order valence-electron chi connectivity index (χ4n) is 1.89. The van der Waals surface area contributed by atoms with E-state index in [1.807, 2.05) is 18.2 Å². The molecule has 0 unspecified atom stereocenters. The molecule has 6 nitrogen and oxygen atoms in total. The number of hydrogen-bond donors (Lipinski definition) is 2. The van der Waals surface area contributed by atoms with Crippen molar-refractivity contribution in [3.05, 3.63) is 52.4 Å². The largest absolute Gasteiger partial charge is 0.494 e. The van der Waals surface area contributed by atoms with E-state index < -0.39 is 5.91 Å². The van der Waals surface area contributed by atoms with Crippen LogP contribution >= 0.6 is 11.3 Å². The summed E-state index contributed by atoms with van der Waals surface area (Å²) in [7, 11) is 1.57. The highest BCUT2D eigenvalue weighted by molar-refractivity contribution is 7.22. The number of nitrogens with one attached hydrogen (secondary N) is 2. The maximum Gasteiger partial charge on any atom is 0.273 e. The number of anilines is 1. The van der Waals surface area contributed by atoms with E-state index in [9.17, 15) is 9.59 Å². The van der Waals surface area contributed by atoms with Gasteiger partial charge in [0.2, 0.25) is 5.56 Å². The molecule has 0 aliphatic rings. The number of aromatic nitrogens is 2. The summed E-state index contributed by atoms with van der Waals surface area (Å²) in [5.41, 5.74) is 0.559. The molecule has 0 saturated heterocycles. The summed E-state index contributed by atoms with van der Waals surface area (Å²) in [5.74, 6) is 0.239. The summed E-state index contributed by atoms with van der Waals surface area (Å²) in [5, 5.41) is 3.12. The third-order valence-electron chi connectivity index (χ3n) is 2.84. The van der Waals surface area contributed by atoms with Crippen LogP contribution < -0.4 is 15.6 Å². The van der Waals surface area contributed by atoms with Gasteiger partial charge in [-0.1, -0.05) is 23.5 Å². The van der Waals surface area contributed by atoms with Crippen molar-refractivity contribution in [3.63, 3.8) is 0 Å². The molecule has 0 aliphatic carbocycles. The number of rotatable bonds is 3. The standard InChI is InChI=1S/C14H11N3O3S/c1-20-9-5-3-6-10-12(9)16-14(21-10)17-13(19)8-4-2-7-11(18)15-8/h2-7H,1H3,(H,15,18)(H,16,17,19). The van der Waals surface area contributed by atoms with E-state index in [1.54, 1.807) is 7.11 Å². The number of H-pyrrole nitrogens is 1. The number of amides is 1. The summed E-state index contributed by atoms with van der Waals surface area (Å²) in [6, 6.07) is 9.97. The van der Waals surface area contributed by atoms with Crippen LogP contribution in [0.3, 0.4) is 0 Å². The number of carbonyl (C=O) groups excluding carboxylic acids is 1. The number of aromatic amines is 1. The van der Waals surface area contributed by atoms with E-state index in [0.717, 1.165) is 4.70 Å². The lowest BCUT2D eigenvalue weighted by Gasteiger charge is -2.00. The number of thiazole rings is 1. The lowest BCUT2D eigenvalue weighted by atomic mass is 10.3. The van der Waals surface area contributed by atoms with Crippen LogP contribution in [0.4, 0.5) is 5.13 Å². The van der Waals surface area contributed by atoms with Gasteiger partial charge in [-0.25, -0.2) is 4.98 Å². The summed E-state index contributed by atoms with van der Waals surface area (Å²) in [6.07, 6.45) is 0. The molecule has 0 bridgehead atoms. The molecule has 3 rings (SSSR count). The minimum atomic E-state index is -0.411. The van der Waals surface area contributed by atoms with Gasteiger partial charge in [-0.3, -0.25) is 14.9 Å². The Morgan fingerprint density at radius 3 is 2.86 bits per heavy atom. The number of ether oxygens (including phenoxy) is 1. The third-order valence-corrected chi connectivity index (χ3v) is 3.77. The van der Waals surface area contributed by atoms with E-state index in [1.165, 1.54) is 29.5 Å². The van der Waals surface area contributed by atoms with Crippen LogP contribution in [0.1, 0.15) is 10.5 Å². The second-order valence-corrected chi connectivity index (χ2v) is 5.24. The van der Waals surface area contributed by atoms with Crippen LogP contribution in [0.5, 0.6) is 5.75 Å². The zero-order chi connectivity index (χ0) is 14.8. The van der Waals surface area contributed by atoms with E-state index in [0.29, 0.717) is 16.4 Å². The van der Waals surface area contributed by atoms with E-state index in [-0.39, 0.29) is 11.3 Å². The first-order chi connectivity index (χ1) is 10.2. The fraction of sp³-hybridized carbons (Fsp3) is 0.0714. The van der Waals surface area contributed by atoms with E-state index >= 15 is 0 Å². The Hall–Kier alpha value is -2.67. The molecule has 0 fully saturated rings. The lowest BCUT2D eigenvalue weighted by molar-refractivity contribution is 0.102. The topological polar surface area (TPSA) is 84.1 Å². The molecule has 1 aromatic carbocycles. The first kappa shape index (κ1) is 13.3. The van der Waals surface area contributed by atoms with Gasteiger partial charge < -0.3 is 9.72 Å². The van der Waals surface area contributed by atoms with Gasteiger partial charge in [-0.15, -0.1) is 0 Å². The third kappa shape index (κ3) is 2.63. The Kier molecular flexibility index (Phi) is 3.41. The van der Waals surface area contributed by atoms with Crippen LogP contribution in [0, 0.1) is 0 Å². The number of hydrogen-bond acceptors (Lipinski definition) is 5. The minimum absolute atomic E-state index is 0.189. The lowest BCUT2D eigenvalue weighted by Crippen LogP contribution is -2.17. The molecule has 0 aliphatic heterocycles. The van der Waals surface area contributed by atoms with Crippen LogP contribution in [0.25, 0.3) is 10.2 Å². The molecule has 3 aromatic rings. The second-order valence-electron chi connectivity index (χ2n) is 4.21. The number of methoxy groups -OCH3 is 1. The maximum atomic E-state index is 12.1. The van der Waals surface area contributed by atoms with Gasteiger partial charge in [-0.05, 0) is 18.2 Å². The highest BCUT2D eigenvalue weighted by Crippen LogP contribution is 2.32. The first-order valence-electron chi connectivity index (χ1n) is 6.11. The Labute approximate surface area is 123 Å². The molecule has 0 atom stereocenters. The highest BCUT2D eigenvalue weighted by atomic mass is 32.1. The van der Waals surface area contributed by atoms with Crippen molar-refractivity contribution >= 4 is 32.6 Å². The summed E-state index contributed by atoms with van der Waals surface area (Å²) in [4.78, 5) is 30.1. The van der Waals surface area contributed by atoms with Gasteiger partial charge in [0.25, 0.3) is 5.91 Å². The quantitative estimate of drug-likeness (QED) is 0.777. The SMILES string of the molecule is COc1cccc2sc(NC(=O)c3cccc(=O)[nH]3)nc12. The summed E-state index contributed by atoms with van der Waals surface area (Å²) >= 11 is 1.34. The Morgan fingerprint density at radius 2 is 2.10 bits per heavy atom. The fourth-order valence-corrected chi connectivity index (χ4v) is 2.76. The van der Waals surface area contributed by atoms with Crippen molar-refractivity contribution in [2.75, 3.05) is 12.4 Å². The van der Waals surface area contributed by atoms with Crippen molar-refractivity contribution in [1.82, 2.24) is 9.97 Å². The van der Waals surface area contributed by atoms with Gasteiger partial charge in [-0.2, -0.15) is 0 Å². The van der Waals surface area contributed by atoms with E-state index in [2.05, 4.69) is 15.3 Å². The molecule has 2 N–H and O–H groups in total. The second kappa shape index (κ2) is 5.37. The van der Waals surface area contributed by atoms with Crippen LogP contribution in [0.15, 0.2) is 41.2 Å².